The van der Waals surface area contributed by atoms with E-state index >= 15 is 0 Å². The molecule has 4 aromatic heterocycles. The van der Waals surface area contributed by atoms with Crippen LogP contribution in [0, 0.1) is 0 Å². The van der Waals surface area contributed by atoms with Gasteiger partial charge < -0.3 is 71.8 Å². The summed E-state index contributed by atoms with van der Waals surface area (Å²) < 4.78 is 76.7. The fraction of sp³-hybridized carbons (Fsp3) is 0.512. The highest BCUT2D eigenvalue weighted by Crippen LogP contribution is 2.43. The molecule has 4 unspecified atom stereocenters. The molecule has 656 valence electrons. The lowest BCUT2D eigenvalue weighted by Crippen LogP contribution is -2.54. The van der Waals surface area contributed by atoms with Gasteiger partial charge in [-0.25, -0.2) is 24.6 Å². The molecule has 35 nitrogen and oxygen atoms in total. The average molecular weight is 1730 g/mol. The number of amides is 8. The number of nitrogens with one attached hydrogen (secondary N) is 4. The second-order valence-electron chi connectivity index (χ2n) is 32.6. The molecule has 4 N–H and O–H groups in total. The number of halogens is 1. The fourth-order valence-electron chi connectivity index (χ4n) is 14.5. The molecule has 2 saturated carbocycles. The lowest BCUT2D eigenvalue weighted by Gasteiger charge is -2.33. The minimum atomic E-state index is -1.15. The molecule has 10 heterocycles. The second-order valence-corrected chi connectivity index (χ2v) is 38.6. The summed E-state index contributed by atoms with van der Waals surface area (Å²) in [5.74, 6) is -1.09. The van der Waals surface area contributed by atoms with Gasteiger partial charge in [-0.2, -0.15) is 10.2 Å². The van der Waals surface area contributed by atoms with Crippen LogP contribution in [0.1, 0.15) is 119 Å². The number of carbonyl (C=O) groups is 8. The monoisotopic (exact) mass is 1730 g/mol. The number of hydrogen-bond acceptors (Lipinski definition) is 29. The molecule has 8 aromatic rings. The number of aromatic nitrogens is 8. The summed E-state index contributed by atoms with van der Waals surface area (Å²) in [5.41, 5.74) is 5.50. The van der Waals surface area contributed by atoms with Crippen molar-refractivity contribution in [3.05, 3.63) is 125 Å². The maximum atomic E-state index is 13.0. The van der Waals surface area contributed by atoms with Gasteiger partial charge in [-0.15, -0.1) is 0 Å². The number of piperidine rings is 2. The van der Waals surface area contributed by atoms with Crippen molar-refractivity contribution in [1.82, 2.24) is 65.7 Å². The average Bonchev–Trinajstić information content (AvgIpc) is 1.61. The number of aromatic amines is 1. The highest BCUT2D eigenvalue weighted by atomic mass is 35.5. The predicted octanol–water partition coefficient (Wildman–Crippen LogP) is 8.36. The summed E-state index contributed by atoms with van der Waals surface area (Å²) in [6.07, 6.45) is 9.51. The highest BCUT2D eigenvalue weighted by molar-refractivity contribution is 6.76. The van der Waals surface area contributed by atoms with Gasteiger partial charge >= 0.3 is 0 Å². The summed E-state index contributed by atoms with van der Waals surface area (Å²) in [5, 5.41) is 22.4. The highest BCUT2D eigenvalue weighted by Gasteiger charge is 2.47. The van der Waals surface area contributed by atoms with Gasteiger partial charge in [0.1, 0.15) is 95.5 Å². The predicted molar refractivity (Wildman–Crippen MR) is 449 cm³/mol. The first-order chi connectivity index (χ1) is 59.5. The van der Waals surface area contributed by atoms with Gasteiger partial charge in [0.25, 0.3) is 23.6 Å². The number of nitrogens with zero attached hydrogens (tertiary/aromatic N) is 10. The van der Waals surface area contributed by atoms with Crippen molar-refractivity contribution in [3.8, 4) is 45.8 Å². The van der Waals surface area contributed by atoms with E-state index in [2.05, 4.69) is 84.5 Å². The third-order valence-corrected chi connectivity index (χ3v) is 23.7. The number of morpholine rings is 2. The standard InChI is InChI=1S/C40H45N7O10.C25H33N3O9.C21H27ClN4O2Si/c1-40(9-10-40)57-26-3-5-31-30(21-26)36(45-44-31)32-22-34(42-24-41-32)46-11-13-55-27(23-46)8-12-52-14-15-53-16-17-54-18-19-56-25-2-4-28-29(20-25)39(51)47(38(28)50)33-6-7-35(48)43-37(33)49;29-22-4-3-21(23(30)27-22)28-24(31)19-2-1-17(15-20(19)25(28)32)37-14-13-35-12-11-34-10-9-33-7-5-18-16-26-6-8-36-18;1-21(7-8-21)28-15-5-6-17-16(11-15)20(18-12-19(22)24-13-23-18)26(25-17)14-27-9-10-29(2,3)4/h2-5,20-22,24,27,33H,6-19,23H2,1H3,(H,44,45)(H,43,48,49);1-2,15,18,21,26H,3-14,16H2,(H,27,29,30);5-6,11-13H,7-10,14H2,1-4H3. The summed E-state index contributed by atoms with van der Waals surface area (Å²) in [7, 11) is -1.15. The first-order valence-corrected chi connectivity index (χ1v) is 46.0. The fourth-order valence-corrected chi connectivity index (χ4v) is 15.4. The van der Waals surface area contributed by atoms with Crippen LogP contribution in [0.15, 0.2) is 97.6 Å². The minimum Gasteiger partial charge on any atom is -0.491 e. The number of rotatable bonds is 40. The van der Waals surface area contributed by atoms with Crippen molar-refractivity contribution in [2.24, 2.45) is 0 Å². The summed E-state index contributed by atoms with van der Waals surface area (Å²) in [6, 6.07) is 24.0. The summed E-state index contributed by atoms with van der Waals surface area (Å²) >= 11 is 6.14. The van der Waals surface area contributed by atoms with Crippen LogP contribution in [0.5, 0.6) is 23.0 Å². The van der Waals surface area contributed by atoms with Crippen molar-refractivity contribution in [3.63, 3.8) is 0 Å². The number of carbonyl (C=O) groups excluding carboxylic acids is 8. The number of benzene rings is 4. The van der Waals surface area contributed by atoms with Gasteiger partial charge in [0, 0.05) is 89.8 Å². The zero-order valence-electron chi connectivity index (χ0n) is 69.8. The third-order valence-electron chi connectivity index (χ3n) is 21.8. The Balaban J connectivity index is 0.000000161. The van der Waals surface area contributed by atoms with E-state index in [-0.39, 0.29) is 91.2 Å². The van der Waals surface area contributed by atoms with E-state index in [1.165, 1.54) is 30.6 Å². The molecule has 4 atom stereocenters. The van der Waals surface area contributed by atoms with Crippen LogP contribution in [-0.4, -0.2) is 279 Å². The number of ether oxygens (including phenoxy) is 13. The second kappa shape index (κ2) is 41.4. The van der Waals surface area contributed by atoms with E-state index in [1.807, 2.05) is 47.1 Å². The van der Waals surface area contributed by atoms with E-state index < -0.39 is 67.4 Å². The first kappa shape index (κ1) is 88.9. The molecule has 0 bridgehead atoms. The Bertz CT molecular complexity index is 5090. The van der Waals surface area contributed by atoms with E-state index in [4.69, 9.17) is 78.3 Å². The zero-order valence-corrected chi connectivity index (χ0v) is 71.6. The Morgan fingerprint density at radius 3 is 1.58 bits per heavy atom. The van der Waals surface area contributed by atoms with Crippen LogP contribution < -0.4 is 39.8 Å². The Kier molecular flexibility index (Phi) is 30.0. The topological polar surface area (TPSA) is 400 Å². The largest absolute Gasteiger partial charge is 0.491 e. The first-order valence-electron chi connectivity index (χ1n) is 41.9. The van der Waals surface area contributed by atoms with Crippen LogP contribution in [0.25, 0.3) is 44.6 Å². The van der Waals surface area contributed by atoms with Crippen molar-refractivity contribution in [1.29, 1.82) is 0 Å². The van der Waals surface area contributed by atoms with Gasteiger partial charge in [0.15, 0.2) is 0 Å². The van der Waals surface area contributed by atoms with E-state index in [1.54, 1.807) is 24.5 Å². The van der Waals surface area contributed by atoms with Crippen LogP contribution in [-0.2, 0) is 68.5 Å². The van der Waals surface area contributed by atoms with Crippen LogP contribution in [0.4, 0.5) is 5.82 Å². The number of fused-ring (bicyclic) bond motifs is 4. The molecule has 37 heteroatoms. The molecule has 4 aromatic carbocycles. The molecule has 6 fully saturated rings. The summed E-state index contributed by atoms with van der Waals surface area (Å²) in [4.78, 5) is 120. The van der Waals surface area contributed by atoms with Gasteiger partial charge in [-0.05, 0) is 144 Å². The van der Waals surface area contributed by atoms with E-state index in [0.717, 1.165) is 149 Å². The van der Waals surface area contributed by atoms with Crippen LogP contribution >= 0.6 is 11.6 Å². The minimum absolute atomic E-state index is 0.00396. The van der Waals surface area contributed by atoms with Crippen molar-refractivity contribution in [2.45, 2.75) is 146 Å². The number of imide groups is 4. The Morgan fingerprint density at radius 2 is 1.03 bits per heavy atom. The molecule has 16 rings (SSSR count). The molecule has 6 aliphatic heterocycles. The van der Waals surface area contributed by atoms with Crippen molar-refractivity contribution < 1.29 is 99.9 Å². The molecule has 4 saturated heterocycles. The zero-order chi connectivity index (χ0) is 86.0. The smallest absolute Gasteiger partial charge is 0.262 e. The van der Waals surface area contributed by atoms with Gasteiger partial charge in [0.2, 0.25) is 23.6 Å². The SMILES string of the molecule is CC1(Oc2ccc3[nH]nc(-c4cc(N5CCOC(CCOCCOCCOCCOc6ccc7c(c6)C(=O)N(C6CCC(=O)NC6=O)C7=O)C5)ncn4)c3c2)CC1.CC1(Oc2ccc3nn(COCC[Si](C)(C)C)c(-c4cc(Cl)ncn4)c3c2)CC1.O=C1CCC(N2C(=O)c3ccc(OCCOCCOCCOCCC4CNCCO4)cc3C2=O)C(=O)N1. The molecule has 0 radical (unpaired) electrons. The van der Waals surface area contributed by atoms with Crippen molar-refractivity contribution >= 4 is 94.6 Å². The van der Waals surface area contributed by atoms with Gasteiger partial charge in [-0.3, -0.25) is 63.9 Å². The number of anilines is 1. The number of hydrogen-bond donors (Lipinski definition) is 4. The molecule has 2 aliphatic carbocycles. The molecule has 123 heavy (non-hydrogen) atoms. The lowest BCUT2D eigenvalue weighted by atomic mass is 10.0. The maximum absolute atomic E-state index is 13.0. The van der Waals surface area contributed by atoms with Crippen LogP contribution in [0.3, 0.4) is 0 Å². The van der Waals surface area contributed by atoms with Crippen LogP contribution in [0.2, 0.25) is 30.8 Å². The molecule has 0 spiro atoms. The molecular weight excluding hydrogens is 1630 g/mol. The maximum Gasteiger partial charge on any atom is 0.262 e. The van der Waals surface area contributed by atoms with E-state index in [9.17, 15) is 38.4 Å². The molecular formula is C86H105ClN14O21Si. The van der Waals surface area contributed by atoms with Gasteiger partial charge in [0.05, 0.1) is 142 Å². The summed E-state index contributed by atoms with van der Waals surface area (Å²) in [6.45, 7) is 22.6. The lowest BCUT2D eigenvalue weighted by molar-refractivity contribution is -0.137. The normalized spacial score (nSPS) is 19.6. The Hall–Kier alpha value is -10.4. The Morgan fingerprint density at radius 1 is 0.520 bits per heavy atom. The molecule has 8 aliphatic rings. The van der Waals surface area contributed by atoms with Crippen molar-refractivity contribution in [2.75, 3.05) is 143 Å². The van der Waals surface area contributed by atoms with E-state index in [0.29, 0.717) is 109 Å². The molecule has 8 amide bonds. The number of H-pyrrole nitrogens is 1. The quantitative estimate of drug-likeness (QED) is 0.0121. The van der Waals surface area contributed by atoms with Gasteiger partial charge in [-0.1, -0.05) is 31.2 Å². The Labute approximate surface area is 716 Å². The third kappa shape index (κ3) is 24.0.